The van der Waals surface area contributed by atoms with E-state index in [4.69, 9.17) is 10.00 Å². The van der Waals surface area contributed by atoms with E-state index in [-0.39, 0.29) is 11.1 Å². The summed E-state index contributed by atoms with van der Waals surface area (Å²) in [6, 6.07) is 5.80. The van der Waals surface area contributed by atoms with Gasteiger partial charge in [-0.05, 0) is 19.9 Å². The molecule has 1 aliphatic carbocycles. The predicted molar refractivity (Wildman–Crippen MR) is 108 cm³/mol. The lowest BCUT2D eigenvalue weighted by atomic mass is 9.94. The summed E-state index contributed by atoms with van der Waals surface area (Å²) in [5.41, 5.74) is 0.863. The van der Waals surface area contributed by atoms with Crippen LogP contribution in [-0.4, -0.2) is 45.3 Å². The van der Waals surface area contributed by atoms with Crippen LogP contribution in [0.25, 0.3) is 11.3 Å². The molecule has 10 nitrogen and oxygen atoms in total. The van der Waals surface area contributed by atoms with Gasteiger partial charge in [-0.1, -0.05) is 6.42 Å². The van der Waals surface area contributed by atoms with Crippen molar-refractivity contribution in [3.05, 3.63) is 46.6 Å². The largest absolute Gasteiger partial charge is 0.482 e. The number of pyridine rings is 1. The van der Waals surface area contributed by atoms with E-state index in [2.05, 4.69) is 35.8 Å². The fourth-order valence-electron chi connectivity index (χ4n) is 2.67. The molecule has 3 heterocycles. The Balaban J connectivity index is 0.000000343. The van der Waals surface area contributed by atoms with Crippen LogP contribution >= 0.6 is 0 Å². The van der Waals surface area contributed by atoms with E-state index in [1.165, 1.54) is 51.0 Å². The van der Waals surface area contributed by atoms with E-state index in [0.717, 1.165) is 6.04 Å². The van der Waals surface area contributed by atoms with Crippen molar-refractivity contribution in [2.75, 3.05) is 19.5 Å². The Labute approximate surface area is 167 Å². The van der Waals surface area contributed by atoms with Gasteiger partial charge in [-0.2, -0.15) is 10.4 Å². The van der Waals surface area contributed by atoms with E-state index in [1.807, 2.05) is 13.1 Å². The Morgan fingerprint density at radius 1 is 1.28 bits per heavy atom. The van der Waals surface area contributed by atoms with Crippen molar-refractivity contribution in [2.24, 2.45) is 0 Å². The zero-order chi connectivity index (χ0) is 20.6. The standard InChI is InChI=1S/C14H11N7O2.C5H11N/c1-23-14-13(10(22)2-3-16-14)9-4-11(21-20-9)19-12-7-17-8(5-15)6-18-12;1-6-5-3-2-4-5/h2-4,6-7H,1H3,(H,16,22)(H2,18,19,20,21);5-6H,2-4H2,1H3. The van der Waals surface area contributed by atoms with Crippen molar-refractivity contribution in [3.8, 4) is 23.2 Å². The lowest BCUT2D eigenvalue weighted by Gasteiger charge is -2.23. The van der Waals surface area contributed by atoms with Crippen LogP contribution in [0.15, 0.2) is 35.5 Å². The minimum atomic E-state index is -0.200. The summed E-state index contributed by atoms with van der Waals surface area (Å²) in [7, 11) is 3.50. The molecule has 1 saturated carbocycles. The highest BCUT2D eigenvalue weighted by atomic mass is 16.5. The normalized spacial score (nSPS) is 12.9. The van der Waals surface area contributed by atoms with Gasteiger partial charge in [0.1, 0.15) is 17.5 Å². The first-order chi connectivity index (χ1) is 14.1. The van der Waals surface area contributed by atoms with Crippen LogP contribution in [0, 0.1) is 11.3 Å². The molecule has 0 bridgehead atoms. The second-order valence-electron chi connectivity index (χ2n) is 6.36. The molecule has 0 spiro atoms. The smallest absolute Gasteiger partial charge is 0.204 e. The van der Waals surface area contributed by atoms with E-state index in [0.29, 0.717) is 28.8 Å². The van der Waals surface area contributed by atoms with Gasteiger partial charge < -0.3 is 20.4 Å². The quantitative estimate of drug-likeness (QED) is 0.514. The van der Waals surface area contributed by atoms with Crippen molar-refractivity contribution in [3.63, 3.8) is 0 Å². The highest BCUT2D eigenvalue weighted by Gasteiger charge is 2.14. The lowest BCUT2D eigenvalue weighted by molar-refractivity contribution is 0.361. The second kappa shape index (κ2) is 9.48. The van der Waals surface area contributed by atoms with Crippen LogP contribution in [0.2, 0.25) is 0 Å². The lowest BCUT2D eigenvalue weighted by Crippen LogP contribution is -2.31. The van der Waals surface area contributed by atoms with Crippen molar-refractivity contribution >= 4 is 11.6 Å². The first-order valence-corrected chi connectivity index (χ1v) is 9.12. The highest BCUT2D eigenvalue weighted by molar-refractivity contribution is 5.68. The molecule has 1 aliphatic rings. The number of anilines is 2. The Bertz CT molecular complexity index is 1030. The number of rotatable bonds is 5. The number of methoxy groups -OCH3 is 1. The molecule has 0 amide bonds. The Kier molecular flexibility index (Phi) is 6.55. The van der Waals surface area contributed by atoms with Gasteiger partial charge in [0.05, 0.1) is 25.2 Å². The third-order valence-corrected chi connectivity index (χ3v) is 4.51. The molecule has 0 unspecified atom stereocenters. The number of aromatic amines is 2. The molecule has 1 fully saturated rings. The van der Waals surface area contributed by atoms with Crippen molar-refractivity contribution in [2.45, 2.75) is 25.3 Å². The summed E-state index contributed by atoms with van der Waals surface area (Å²) in [6.07, 6.45) is 8.51. The summed E-state index contributed by atoms with van der Waals surface area (Å²) >= 11 is 0. The Morgan fingerprint density at radius 2 is 2.10 bits per heavy atom. The van der Waals surface area contributed by atoms with Crippen LogP contribution in [0.5, 0.6) is 5.88 Å². The van der Waals surface area contributed by atoms with Gasteiger partial charge in [-0.15, -0.1) is 0 Å². The first-order valence-electron chi connectivity index (χ1n) is 9.12. The zero-order valence-electron chi connectivity index (χ0n) is 16.2. The minimum absolute atomic E-state index is 0.200. The number of nitrogens with zero attached hydrogens (tertiary/aromatic N) is 4. The number of aromatic nitrogens is 5. The summed E-state index contributed by atoms with van der Waals surface area (Å²) < 4.78 is 5.16. The van der Waals surface area contributed by atoms with E-state index in [1.54, 1.807) is 6.07 Å². The number of nitriles is 1. The van der Waals surface area contributed by atoms with Gasteiger partial charge >= 0.3 is 0 Å². The first kappa shape index (κ1) is 20.0. The van der Waals surface area contributed by atoms with Crippen LogP contribution in [0.1, 0.15) is 25.0 Å². The van der Waals surface area contributed by atoms with Crippen LogP contribution in [0.3, 0.4) is 0 Å². The average molecular weight is 394 g/mol. The SMILES string of the molecule is CNC1CCC1.COc1[nH]ccc(=O)c1-c1cc(Nc2cnc(C#N)cn2)n[nH]1. The van der Waals surface area contributed by atoms with Crippen molar-refractivity contribution in [1.29, 1.82) is 5.26 Å². The molecule has 150 valence electrons. The molecule has 3 aromatic rings. The van der Waals surface area contributed by atoms with E-state index in [9.17, 15) is 4.79 Å². The maximum absolute atomic E-state index is 12.0. The van der Waals surface area contributed by atoms with Gasteiger partial charge in [0, 0.05) is 24.4 Å². The predicted octanol–water partition coefficient (Wildman–Crippen LogP) is 1.94. The average Bonchev–Trinajstić information content (AvgIpc) is 3.16. The maximum Gasteiger partial charge on any atom is 0.204 e. The molecule has 3 aromatic heterocycles. The fraction of sp³-hybridized carbons (Fsp3) is 0.316. The topological polar surface area (TPSA) is 144 Å². The minimum Gasteiger partial charge on any atom is -0.482 e. The maximum atomic E-state index is 12.0. The van der Waals surface area contributed by atoms with Crippen LogP contribution in [-0.2, 0) is 0 Å². The number of nitrogens with one attached hydrogen (secondary N) is 4. The van der Waals surface area contributed by atoms with E-state index >= 15 is 0 Å². The van der Waals surface area contributed by atoms with E-state index < -0.39 is 0 Å². The fourth-order valence-corrected chi connectivity index (χ4v) is 2.67. The van der Waals surface area contributed by atoms with Crippen LogP contribution < -0.4 is 20.8 Å². The molecule has 0 aliphatic heterocycles. The molecule has 29 heavy (non-hydrogen) atoms. The summed E-state index contributed by atoms with van der Waals surface area (Å²) in [5, 5.41) is 21.7. The third-order valence-electron chi connectivity index (χ3n) is 4.51. The molecule has 10 heteroatoms. The monoisotopic (exact) mass is 394 g/mol. The van der Waals surface area contributed by atoms with Crippen molar-refractivity contribution < 1.29 is 4.74 Å². The third kappa shape index (κ3) is 4.97. The number of hydrogen-bond acceptors (Lipinski definition) is 8. The number of H-pyrrole nitrogens is 2. The van der Waals surface area contributed by atoms with Gasteiger partial charge in [-0.3, -0.25) is 9.89 Å². The molecule has 4 N–H and O–H groups in total. The molecule has 4 rings (SSSR count). The molecule has 0 saturated heterocycles. The number of ether oxygens (including phenoxy) is 1. The van der Waals surface area contributed by atoms with Gasteiger partial charge in [-0.25, -0.2) is 9.97 Å². The Morgan fingerprint density at radius 3 is 2.66 bits per heavy atom. The zero-order valence-corrected chi connectivity index (χ0v) is 16.2. The molecule has 0 radical (unpaired) electrons. The summed E-state index contributed by atoms with van der Waals surface area (Å²) in [5.74, 6) is 1.21. The summed E-state index contributed by atoms with van der Waals surface area (Å²) in [6.45, 7) is 0. The number of hydrogen-bond donors (Lipinski definition) is 4. The molecule has 0 atom stereocenters. The molecular formula is C19H22N8O2. The Hall–Kier alpha value is -3.71. The van der Waals surface area contributed by atoms with Gasteiger partial charge in [0.25, 0.3) is 0 Å². The van der Waals surface area contributed by atoms with Crippen molar-refractivity contribution in [1.82, 2.24) is 30.5 Å². The molecule has 0 aromatic carbocycles. The van der Waals surface area contributed by atoms with Gasteiger partial charge in [0.15, 0.2) is 16.9 Å². The summed E-state index contributed by atoms with van der Waals surface area (Å²) in [4.78, 5) is 22.8. The highest BCUT2D eigenvalue weighted by Crippen LogP contribution is 2.24. The second-order valence-corrected chi connectivity index (χ2v) is 6.36. The van der Waals surface area contributed by atoms with Gasteiger partial charge in [0.2, 0.25) is 5.88 Å². The molecular weight excluding hydrogens is 372 g/mol. The van der Waals surface area contributed by atoms with Crippen LogP contribution in [0.4, 0.5) is 11.6 Å².